The summed E-state index contributed by atoms with van der Waals surface area (Å²) in [6, 6.07) is 13.6. The minimum absolute atomic E-state index is 0.0797. The molecule has 0 spiro atoms. The van der Waals surface area contributed by atoms with E-state index in [1.54, 1.807) is 19.2 Å². The zero-order valence-corrected chi connectivity index (χ0v) is 20.6. The normalized spacial score (nSPS) is 15.7. The number of hydrogen-bond acceptors (Lipinski definition) is 6. The van der Waals surface area contributed by atoms with E-state index in [1.807, 2.05) is 12.1 Å². The maximum atomic E-state index is 13.1. The molecule has 8 heteroatoms. The van der Waals surface area contributed by atoms with Gasteiger partial charge in [0.2, 0.25) is 5.91 Å². The number of hydrogen-bond donors (Lipinski definition) is 1. The van der Waals surface area contributed by atoms with Gasteiger partial charge < -0.3 is 19.7 Å². The quantitative estimate of drug-likeness (QED) is 0.516. The lowest BCUT2D eigenvalue weighted by atomic mass is 9.97. The minimum atomic E-state index is -0.194. The first-order valence-corrected chi connectivity index (χ1v) is 11.7. The van der Waals surface area contributed by atoms with E-state index in [9.17, 15) is 4.79 Å². The number of ether oxygens (including phenoxy) is 2. The maximum Gasteiger partial charge on any atom is 0.229 e. The van der Waals surface area contributed by atoms with E-state index in [2.05, 4.69) is 52.5 Å². The van der Waals surface area contributed by atoms with E-state index >= 15 is 0 Å². The summed E-state index contributed by atoms with van der Waals surface area (Å²) < 4.78 is 10.6. The number of carbonyl (C=O) groups excluding carboxylic acids is 1. The summed E-state index contributed by atoms with van der Waals surface area (Å²) in [6.45, 7) is 5.58. The molecule has 1 aliphatic rings. The van der Waals surface area contributed by atoms with Gasteiger partial charge in [-0.2, -0.15) is 0 Å². The van der Waals surface area contributed by atoms with Crippen molar-refractivity contribution in [1.82, 2.24) is 10.2 Å². The first-order valence-electron chi connectivity index (χ1n) is 11.3. The number of nitrogens with one attached hydrogen (secondary N) is 1. The Bertz CT molecular complexity index is 1180. The van der Waals surface area contributed by atoms with Crippen molar-refractivity contribution < 1.29 is 14.3 Å². The monoisotopic (exact) mass is 480 g/mol. The molecule has 1 N–H and O–H groups in total. The van der Waals surface area contributed by atoms with E-state index in [0.717, 1.165) is 36.5 Å². The van der Waals surface area contributed by atoms with Gasteiger partial charge in [-0.15, -0.1) is 10.2 Å². The van der Waals surface area contributed by atoms with Crippen LogP contribution in [0.3, 0.4) is 0 Å². The van der Waals surface area contributed by atoms with Crippen molar-refractivity contribution in [2.75, 3.05) is 37.5 Å². The van der Waals surface area contributed by atoms with Gasteiger partial charge in [0.25, 0.3) is 0 Å². The molecule has 0 radical (unpaired) electrons. The van der Waals surface area contributed by atoms with Crippen LogP contribution in [0.4, 0.5) is 11.5 Å². The molecule has 0 bridgehead atoms. The third-order valence-electron chi connectivity index (χ3n) is 6.30. The molecule has 34 heavy (non-hydrogen) atoms. The van der Waals surface area contributed by atoms with Crippen molar-refractivity contribution in [2.45, 2.75) is 26.7 Å². The first kappa shape index (κ1) is 23.8. The zero-order chi connectivity index (χ0) is 24.2. The highest BCUT2D eigenvalue weighted by atomic mass is 35.5. The van der Waals surface area contributed by atoms with Crippen LogP contribution in [0.2, 0.25) is 5.02 Å². The SMILES string of the molecule is COc1cc(OC)c(NC(=O)[C@H]2CCCN(c3ccc(-c4ccc(C)c(C)c4)nn3)C2)cc1Cl. The summed E-state index contributed by atoms with van der Waals surface area (Å²) >= 11 is 6.25. The van der Waals surface area contributed by atoms with Crippen LogP contribution in [0.25, 0.3) is 11.3 Å². The lowest BCUT2D eigenvalue weighted by molar-refractivity contribution is -0.120. The molecule has 178 valence electrons. The Morgan fingerprint density at radius 1 is 1.03 bits per heavy atom. The van der Waals surface area contributed by atoms with Crippen molar-refractivity contribution >= 4 is 29.0 Å². The number of benzene rings is 2. The van der Waals surface area contributed by atoms with E-state index in [0.29, 0.717) is 28.8 Å². The fourth-order valence-corrected chi connectivity index (χ4v) is 4.38. The van der Waals surface area contributed by atoms with Gasteiger partial charge in [0.05, 0.1) is 36.5 Å². The number of rotatable bonds is 6. The summed E-state index contributed by atoms with van der Waals surface area (Å²) in [5, 5.41) is 12.3. The van der Waals surface area contributed by atoms with E-state index in [1.165, 1.54) is 18.2 Å². The molecule has 1 fully saturated rings. The number of nitrogens with zero attached hydrogens (tertiary/aromatic N) is 3. The molecule has 1 amide bonds. The molecule has 1 saturated heterocycles. The average Bonchev–Trinajstić information content (AvgIpc) is 2.86. The highest BCUT2D eigenvalue weighted by Crippen LogP contribution is 2.36. The summed E-state index contributed by atoms with van der Waals surface area (Å²) in [5.41, 5.74) is 4.88. The Balaban J connectivity index is 1.45. The Morgan fingerprint density at radius 2 is 1.82 bits per heavy atom. The predicted octanol–water partition coefficient (Wildman–Crippen LogP) is 5.29. The van der Waals surface area contributed by atoms with Crippen LogP contribution in [0.1, 0.15) is 24.0 Å². The molecular formula is C26H29ClN4O3. The number of aromatic nitrogens is 2. The van der Waals surface area contributed by atoms with Crippen LogP contribution in [0, 0.1) is 19.8 Å². The number of carbonyl (C=O) groups is 1. The van der Waals surface area contributed by atoms with Crippen LogP contribution in [-0.4, -0.2) is 43.4 Å². The Hall–Kier alpha value is -3.32. The van der Waals surface area contributed by atoms with Crippen LogP contribution in [0.15, 0.2) is 42.5 Å². The van der Waals surface area contributed by atoms with Gasteiger partial charge in [-0.1, -0.05) is 23.7 Å². The van der Waals surface area contributed by atoms with Crippen molar-refractivity contribution in [2.24, 2.45) is 5.92 Å². The summed E-state index contributed by atoms with van der Waals surface area (Å²) in [6.07, 6.45) is 1.68. The molecular weight excluding hydrogens is 452 g/mol. The largest absolute Gasteiger partial charge is 0.495 e. The van der Waals surface area contributed by atoms with Gasteiger partial charge in [0.15, 0.2) is 5.82 Å². The number of amides is 1. The van der Waals surface area contributed by atoms with Crippen molar-refractivity contribution in [3.63, 3.8) is 0 Å². The molecule has 0 aliphatic carbocycles. The third kappa shape index (κ3) is 5.09. The number of aryl methyl sites for hydroxylation is 2. The second kappa shape index (κ2) is 10.3. The number of halogens is 1. The van der Waals surface area contributed by atoms with E-state index < -0.39 is 0 Å². The van der Waals surface area contributed by atoms with E-state index in [4.69, 9.17) is 21.1 Å². The molecule has 1 aliphatic heterocycles. The number of anilines is 2. The van der Waals surface area contributed by atoms with Crippen molar-refractivity contribution in [1.29, 1.82) is 0 Å². The standard InChI is InChI=1S/C26H29ClN4O3/c1-16-7-8-18(12-17(16)2)21-9-10-25(30-29-21)31-11-5-6-19(15-31)26(32)28-22-13-20(27)23(33-3)14-24(22)34-4/h7-10,12-14,19H,5-6,11,15H2,1-4H3,(H,28,32)/t19-/m0/s1. The number of piperidine rings is 1. The first-order chi connectivity index (χ1) is 16.4. The van der Waals surface area contributed by atoms with Crippen LogP contribution in [-0.2, 0) is 4.79 Å². The molecule has 3 aromatic rings. The van der Waals surface area contributed by atoms with Crippen LogP contribution < -0.4 is 19.7 Å². The second-order valence-electron chi connectivity index (χ2n) is 8.54. The summed E-state index contributed by atoms with van der Waals surface area (Å²) in [4.78, 5) is 15.2. The Labute approximate surface area is 205 Å². The molecule has 1 aromatic heterocycles. The van der Waals surface area contributed by atoms with Crippen molar-refractivity contribution in [3.05, 3.63) is 58.6 Å². The summed E-state index contributed by atoms with van der Waals surface area (Å²) in [5.74, 6) is 1.48. The zero-order valence-electron chi connectivity index (χ0n) is 19.9. The van der Waals surface area contributed by atoms with Gasteiger partial charge in [-0.25, -0.2) is 0 Å². The highest BCUT2D eigenvalue weighted by Gasteiger charge is 2.27. The van der Waals surface area contributed by atoms with E-state index in [-0.39, 0.29) is 11.8 Å². The fraction of sp³-hybridized carbons (Fsp3) is 0.346. The molecule has 0 unspecified atom stereocenters. The molecule has 0 saturated carbocycles. The van der Waals surface area contributed by atoms with Crippen LogP contribution in [0.5, 0.6) is 11.5 Å². The van der Waals surface area contributed by atoms with Crippen LogP contribution >= 0.6 is 11.6 Å². The van der Waals surface area contributed by atoms with Gasteiger partial charge in [-0.05, 0) is 62.1 Å². The Morgan fingerprint density at radius 3 is 2.50 bits per heavy atom. The second-order valence-corrected chi connectivity index (χ2v) is 8.94. The predicted molar refractivity (Wildman–Crippen MR) is 135 cm³/mol. The minimum Gasteiger partial charge on any atom is -0.495 e. The smallest absolute Gasteiger partial charge is 0.229 e. The van der Waals surface area contributed by atoms with Gasteiger partial charge in [0.1, 0.15) is 11.5 Å². The highest BCUT2D eigenvalue weighted by molar-refractivity contribution is 6.32. The molecule has 2 aromatic carbocycles. The topological polar surface area (TPSA) is 76.6 Å². The molecule has 2 heterocycles. The fourth-order valence-electron chi connectivity index (χ4n) is 4.14. The molecule has 1 atom stereocenters. The lowest BCUT2D eigenvalue weighted by Gasteiger charge is -2.32. The maximum absolute atomic E-state index is 13.1. The molecule has 7 nitrogen and oxygen atoms in total. The molecule has 4 rings (SSSR count). The van der Waals surface area contributed by atoms with Gasteiger partial charge in [0, 0.05) is 24.7 Å². The third-order valence-corrected chi connectivity index (χ3v) is 6.60. The average molecular weight is 481 g/mol. The van der Waals surface area contributed by atoms with Gasteiger partial charge in [-0.3, -0.25) is 4.79 Å². The van der Waals surface area contributed by atoms with Crippen molar-refractivity contribution in [3.8, 4) is 22.8 Å². The number of methoxy groups -OCH3 is 2. The lowest BCUT2D eigenvalue weighted by Crippen LogP contribution is -2.41. The van der Waals surface area contributed by atoms with Gasteiger partial charge >= 0.3 is 0 Å². The Kier molecular flexibility index (Phi) is 7.22. The summed E-state index contributed by atoms with van der Waals surface area (Å²) in [7, 11) is 3.08.